The zero-order chi connectivity index (χ0) is 39.0. The summed E-state index contributed by atoms with van der Waals surface area (Å²) in [5.41, 5.74) is 18.1. The van der Waals surface area contributed by atoms with Gasteiger partial charge in [0.2, 0.25) is 0 Å². The molecule has 0 amide bonds. The summed E-state index contributed by atoms with van der Waals surface area (Å²) < 4.78 is 0.0572. The first-order chi connectivity index (χ1) is 27.0. The van der Waals surface area contributed by atoms with Gasteiger partial charge in [-0.25, -0.2) is 0 Å². The van der Waals surface area contributed by atoms with E-state index < -0.39 is 22.2 Å². The minimum atomic E-state index is -4.97. The van der Waals surface area contributed by atoms with E-state index in [1.807, 2.05) is 0 Å². The third kappa shape index (κ3) is 6.10. The van der Waals surface area contributed by atoms with Gasteiger partial charge >= 0.3 is 345 Å². The molecule has 7 aromatic carbocycles. The summed E-state index contributed by atoms with van der Waals surface area (Å²) in [6, 6.07) is 50.9. The molecule has 0 spiro atoms. The molecule has 4 heteroatoms. The van der Waals surface area contributed by atoms with Crippen molar-refractivity contribution in [2.75, 3.05) is 0 Å². The number of aryl methyl sites for hydroxylation is 2. The molecular formula is C52H49Cl2SiZr. The van der Waals surface area contributed by atoms with Crippen LogP contribution in [0.2, 0.25) is 6.04 Å². The summed E-state index contributed by atoms with van der Waals surface area (Å²) in [6.45, 7) is 12.8. The Balaban J connectivity index is 1.32. The predicted molar refractivity (Wildman–Crippen MR) is 246 cm³/mol. The van der Waals surface area contributed by atoms with Crippen molar-refractivity contribution in [3.63, 3.8) is 0 Å². The van der Waals surface area contributed by atoms with Crippen molar-refractivity contribution in [3.05, 3.63) is 178 Å². The molecule has 2 aliphatic rings. The second kappa shape index (κ2) is 14.2. The standard InChI is InChI=1S/C30H21.C20H21.C2H7Si.2ClH.Zr/c1-20-16-23-18-24(27-14-6-10-21-8-2-4-12-25(21)27)19-30(29(23)17-20)28-15-7-11-22-9-3-5-13-26(22)28;1-13(2)17-11-16-6-5-7-19(20(16)12-17)18-9-14(3)8-15(4)10-18;1-2-3;;;/h2-19H,1H3;5-13H,1-4H3;2-3H2,1H3;2*1H;/q;;;;;+2/p-2. The molecular weight excluding hydrogens is 815 g/mol. The second-order valence-corrected chi connectivity index (χ2v) is 57.6. The molecule has 0 bridgehead atoms. The molecule has 0 aliphatic heterocycles. The van der Waals surface area contributed by atoms with Crippen LogP contribution in [0.1, 0.15) is 68.3 Å². The monoisotopic (exact) mass is 861 g/mol. The first-order valence-electron chi connectivity index (χ1n) is 20.3. The Hall–Kier alpha value is -3.78. The number of halogens is 2. The zero-order valence-corrected chi connectivity index (χ0v) is 38.6. The molecule has 279 valence electrons. The van der Waals surface area contributed by atoms with E-state index in [2.05, 4.69) is 187 Å². The van der Waals surface area contributed by atoms with Crippen molar-refractivity contribution in [3.8, 4) is 33.4 Å². The van der Waals surface area contributed by atoms with E-state index in [4.69, 9.17) is 17.0 Å². The summed E-state index contributed by atoms with van der Waals surface area (Å²) in [5.74, 6) is 0.314. The normalized spacial score (nSPS) is 17.3. The number of hydrogen-bond donors (Lipinski definition) is 0. The molecule has 9 rings (SSSR count). The number of rotatable bonds is 8. The molecule has 2 aliphatic carbocycles. The van der Waals surface area contributed by atoms with E-state index in [1.165, 1.54) is 99.5 Å². The number of fused-ring (bicyclic) bond motifs is 4. The third-order valence-electron chi connectivity index (χ3n) is 12.7. The fourth-order valence-electron chi connectivity index (χ4n) is 10.6. The van der Waals surface area contributed by atoms with Crippen LogP contribution in [0.15, 0.2) is 145 Å². The Bertz CT molecular complexity index is 2760. The van der Waals surface area contributed by atoms with Crippen LogP contribution in [0, 0.1) is 19.8 Å². The fourth-order valence-corrected chi connectivity index (χ4v) is 52.7. The van der Waals surface area contributed by atoms with Gasteiger partial charge in [-0.15, -0.1) is 0 Å². The van der Waals surface area contributed by atoms with Crippen molar-refractivity contribution >= 4 is 57.4 Å². The van der Waals surface area contributed by atoms with Crippen molar-refractivity contribution in [1.82, 2.24) is 0 Å². The number of hydrogen-bond acceptors (Lipinski definition) is 0. The van der Waals surface area contributed by atoms with Gasteiger partial charge < -0.3 is 0 Å². The Morgan fingerprint density at radius 2 is 1.11 bits per heavy atom. The van der Waals surface area contributed by atoms with Gasteiger partial charge in [0.15, 0.2) is 0 Å². The van der Waals surface area contributed by atoms with Gasteiger partial charge in [-0.2, -0.15) is 0 Å². The average Bonchev–Trinajstić information content (AvgIpc) is 3.76. The number of benzene rings is 7. The Morgan fingerprint density at radius 1 is 0.554 bits per heavy atom. The van der Waals surface area contributed by atoms with Gasteiger partial charge in [-0.3, -0.25) is 0 Å². The summed E-state index contributed by atoms with van der Waals surface area (Å²) in [5, 5.41) is 5.02. The summed E-state index contributed by atoms with van der Waals surface area (Å²) in [7, 11) is 17.8. The fraction of sp³-hybridized carbons (Fsp3) is 0.192. The van der Waals surface area contributed by atoms with Gasteiger partial charge in [-0.1, -0.05) is 0 Å². The summed E-state index contributed by atoms with van der Waals surface area (Å²) in [6.07, 6.45) is 4.97. The topological polar surface area (TPSA) is 0 Å². The maximum absolute atomic E-state index is 8.89. The van der Waals surface area contributed by atoms with E-state index in [0.29, 0.717) is 5.92 Å². The van der Waals surface area contributed by atoms with Crippen molar-refractivity contribution in [1.29, 1.82) is 0 Å². The molecule has 2 atom stereocenters. The Morgan fingerprint density at radius 3 is 1.77 bits per heavy atom. The molecule has 0 aromatic heterocycles. The Kier molecular flexibility index (Phi) is 9.61. The van der Waals surface area contributed by atoms with Gasteiger partial charge in [0.25, 0.3) is 0 Å². The molecule has 56 heavy (non-hydrogen) atoms. The van der Waals surface area contributed by atoms with Crippen LogP contribution >= 0.6 is 17.0 Å². The third-order valence-corrected chi connectivity index (χ3v) is 50.9. The first kappa shape index (κ1) is 37.8. The van der Waals surface area contributed by atoms with Crippen LogP contribution < -0.4 is 0 Å². The van der Waals surface area contributed by atoms with Crippen LogP contribution in [0.4, 0.5) is 0 Å². The van der Waals surface area contributed by atoms with E-state index in [1.54, 1.807) is 0 Å². The minimum absolute atomic E-state index is 0.00742. The van der Waals surface area contributed by atoms with E-state index in [0.717, 1.165) is 6.04 Å². The van der Waals surface area contributed by atoms with E-state index in [-0.39, 0.29) is 7.25 Å². The van der Waals surface area contributed by atoms with Crippen molar-refractivity contribution in [2.45, 2.75) is 54.8 Å². The van der Waals surface area contributed by atoms with Crippen molar-refractivity contribution in [2.24, 2.45) is 5.92 Å². The predicted octanol–water partition coefficient (Wildman–Crippen LogP) is 15.4. The molecule has 0 saturated heterocycles. The molecule has 0 radical (unpaired) electrons. The SMILES string of the molecule is CC[SiH2][Zr]([Cl])([Cl])([CH]1C(C(C)C)=Cc2c(-c3cc(C)cc(C)c3)cccc21)[CH]1C(C)=Cc2c(-c3cccc4ccccc34)cc(-c3cccc4ccccc34)cc21. The first-order valence-corrected chi connectivity index (χ1v) is 36.4. The average molecular weight is 864 g/mol. The Labute approximate surface area is 342 Å². The molecule has 0 N–H and O–H groups in total. The van der Waals surface area contributed by atoms with Gasteiger partial charge in [0, 0.05) is 0 Å². The van der Waals surface area contributed by atoms with Gasteiger partial charge in [0.05, 0.1) is 0 Å². The molecule has 0 heterocycles. The second-order valence-electron chi connectivity index (χ2n) is 16.9. The molecule has 0 fully saturated rings. The van der Waals surface area contributed by atoms with Crippen LogP contribution in [0.25, 0.3) is 67.1 Å². The van der Waals surface area contributed by atoms with Crippen LogP contribution in [-0.4, -0.2) is 6.65 Å². The van der Waals surface area contributed by atoms with Gasteiger partial charge in [-0.05, 0) is 0 Å². The van der Waals surface area contributed by atoms with Crippen molar-refractivity contribution < 1.29 is 15.6 Å². The summed E-state index contributed by atoms with van der Waals surface area (Å²) >= 11 is -4.97. The van der Waals surface area contributed by atoms with E-state index in [9.17, 15) is 0 Å². The molecule has 2 unspecified atom stereocenters. The molecule has 0 saturated carbocycles. The molecule has 0 nitrogen and oxygen atoms in total. The quantitative estimate of drug-likeness (QED) is 0.134. The zero-order valence-electron chi connectivity index (χ0n) is 33.3. The maximum atomic E-state index is 8.89. The molecule has 7 aromatic rings. The van der Waals surface area contributed by atoms with Crippen LogP contribution in [0.3, 0.4) is 0 Å². The summed E-state index contributed by atoms with van der Waals surface area (Å²) in [4.78, 5) is 0. The van der Waals surface area contributed by atoms with Gasteiger partial charge in [0.1, 0.15) is 0 Å². The number of allylic oxidation sites excluding steroid dienone is 2. The van der Waals surface area contributed by atoms with Crippen LogP contribution in [0.5, 0.6) is 0 Å². The van der Waals surface area contributed by atoms with Crippen LogP contribution in [-0.2, 0) is 15.6 Å². The van der Waals surface area contributed by atoms with E-state index >= 15 is 0 Å².